The van der Waals surface area contributed by atoms with Crippen LogP contribution >= 0.6 is 27.7 Å². The minimum atomic E-state index is 0.899. The zero-order valence-electron chi connectivity index (χ0n) is 10.2. The Morgan fingerprint density at radius 1 is 1.22 bits per heavy atom. The number of hydrogen-bond donors (Lipinski definition) is 1. The Labute approximate surface area is 120 Å². The molecule has 0 saturated carbocycles. The number of thioether (sulfide) groups is 1. The van der Waals surface area contributed by atoms with Crippen molar-refractivity contribution in [3.05, 3.63) is 52.6 Å². The van der Waals surface area contributed by atoms with E-state index in [4.69, 9.17) is 0 Å². The molecule has 0 unspecified atom stereocenters. The maximum Gasteiger partial charge on any atom is 0.126 e. The van der Waals surface area contributed by atoms with E-state index in [-0.39, 0.29) is 0 Å². The summed E-state index contributed by atoms with van der Waals surface area (Å²) in [5.74, 6) is 1.91. The summed E-state index contributed by atoms with van der Waals surface area (Å²) in [5, 5.41) is 3.23. The first-order valence-electron chi connectivity index (χ1n) is 5.85. The number of halogens is 1. The second kappa shape index (κ2) is 6.81. The second-order valence-electron chi connectivity index (χ2n) is 3.82. The van der Waals surface area contributed by atoms with Crippen molar-refractivity contribution in [2.75, 3.05) is 11.9 Å². The molecule has 1 N–H and O–H groups in total. The molecule has 1 heterocycles. The lowest BCUT2D eigenvalue weighted by Crippen LogP contribution is -1.99. The molecule has 0 aliphatic carbocycles. The van der Waals surface area contributed by atoms with Gasteiger partial charge < -0.3 is 5.32 Å². The van der Waals surface area contributed by atoms with Crippen molar-refractivity contribution in [2.45, 2.75) is 17.6 Å². The van der Waals surface area contributed by atoms with Crippen molar-refractivity contribution in [3.63, 3.8) is 0 Å². The van der Waals surface area contributed by atoms with Crippen LogP contribution in [0.15, 0.2) is 52.0 Å². The quantitative estimate of drug-likeness (QED) is 0.816. The molecule has 1 aromatic carbocycles. The van der Waals surface area contributed by atoms with E-state index in [0.29, 0.717) is 0 Å². The SMILES string of the molecule is CCNc1cc(CSc2ccc(Br)cc2)ccn1. The highest BCUT2D eigenvalue weighted by Gasteiger charge is 1.99. The Morgan fingerprint density at radius 2 is 2.00 bits per heavy atom. The molecule has 0 aliphatic rings. The fourth-order valence-electron chi connectivity index (χ4n) is 1.54. The van der Waals surface area contributed by atoms with E-state index in [2.05, 4.69) is 69.6 Å². The first kappa shape index (κ1) is 13.4. The minimum Gasteiger partial charge on any atom is -0.370 e. The molecular formula is C14H15BrN2S. The van der Waals surface area contributed by atoms with Crippen LogP contribution in [-0.2, 0) is 5.75 Å². The third kappa shape index (κ3) is 4.03. The third-order valence-corrected chi connectivity index (χ3v) is 4.01. The number of aromatic nitrogens is 1. The first-order valence-corrected chi connectivity index (χ1v) is 7.63. The number of pyridine rings is 1. The maximum absolute atomic E-state index is 4.27. The van der Waals surface area contributed by atoms with Crippen molar-refractivity contribution in [1.82, 2.24) is 4.98 Å². The molecule has 1 aromatic heterocycles. The fraction of sp³-hybridized carbons (Fsp3) is 0.214. The van der Waals surface area contributed by atoms with Crippen LogP contribution < -0.4 is 5.32 Å². The summed E-state index contributed by atoms with van der Waals surface area (Å²) in [5.41, 5.74) is 1.29. The molecule has 18 heavy (non-hydrogen) atoms. The van der Waals surface area contributed by atoms with E-state index in [1.54, 1.807) is 0 Å². The van der Waals surface area contributed by atoms with Crippen molar-refractivity contribution < 1.29 is 0 Å². The fourth-order valence-corrected chi connectivity index (χ4v) is 2.65. The normalized spacial score (nSPS) is 10.3. The van der Waals surface area contributed by atoms with Gasteiger partial charge in [0.1, 0.15) is 5.82 Å². The van der Waals surface area contributed by atoms with E-state index >= 15 is 0 Å². The predicted octanol–water partition coefficient (Wildman–Crippen LogP) is 4.57. The number of hydrogen-bond acceptors (Lipinski definition) is 3. The number of nitrogens with one attached hydrogen (secondary N) is 1. The molecule has 4 heteroatoms. The molecule has 0 saturated heterocycles. The summed E-state index contributed by atoms with van der Waals surface area (Å²) >= 11 is 5.28. The summed E-state index contributed by atoms with van der Waals surface area (Å²) in [4.78, 5) is 5.55. The van der Waals surface area contributed by atoms with E-state index < -0.39 is 0 Å². The average Bonchev–Trinajstić information content (AvgIpc) is 2.39. The van der Waals surface area contributed by atoms with Gasteiger partial charge in [-0.15, -0.1) is 11.8 Å². The zero-order valence-corrected chi connectivity index (χ0v) is 12.6. The Balaban J connectivity index is 1.97. The molecule has 2 aromatic rings. The van der Waals surface area contributed by atoms with Crippen LogP contribution in [0.5, 0.6) is 0 Å². The Kier molecular flexibility index (Phi) is 5.08. The maximum atomic E-state index is 4.27. The summed E-state index contributed by atoms with van der Waals surface area (Å²) in [6.07, 6.45) is 1.86. The molecule has 0 bridgehead atoms. The lowest BCUT2D eigenvalue weighted by atomic mass is 10.3. The Morgan fingerprint density at radius 3 is 2.72 bits per heavy atom. The van der Waals surface area contributed by atoms with Crippen LogP contribution in [0.4, 0.5) is 5.82 Å². The van der Waals surface area contributed by atoms with E-state index in [1.165, 1.54) is 10.5 Å². The highest BCUT2D eigenvalue weighted by Crippen LogP contribution is 2.24. The predicted molar refractivity (Wildman–Crippen MR) is 82.1 cm³/mol. The summed E-state index contributed by atoms with van der Waals surface area (Å²) in [6, 6.07) is 12.6. The van der Waals surface area contributed by atoms with Crippen LogP contribution in [0.2, 0.25) is 0 Å². The van der Waals surface area contributed by atoms with Gasteiger partial charge in [0, 0.05) is 27.9 Å². The number of anilines is 1. The van der Waals surface area contributed by atoms with Gasteiger partial charge in [0.15, 0.2) is 0 Å². The van der Waals surface area contributed by atoms with Crippen molar-refractivity contribution >= 4 is 33.5 Å². The van der Waals surface area contributed by atoms with Gasteiger partial charge in [0.05, 0.1) is 0 Å². The number of benzene rings is 1. The van der Waals surface area contributed by atoms with E-state index in [9.17, 15) is 0 Å². The topological polar surface area (TPSA) is 24.9 Å². The van der Waals surface area contributed by atoms with Gasteiger partial charge in [-0.2, -0.15) is 0 Å². The van der Waals surface area contributed by atoms with Crippen molar-refractivity contribution in [3.8, 4) is 0 Å². The van der Waals surface area contributed by atoms with E-state index in [1.807, 2.05) is 18.0 Å². The van der Waals surface area contributed by atoms with Crippen molar-refractivity contribution in [2.24, 2.45) is 0 Å². The molecule has 0 spiro atoms. The molecule has 0 amide bonds. The summed E-state index contributed by atoms with van der Waals surface area (Å²) in [6.45, 7) is 2.97. The van der Waals surface area contributed by atoms with Gasteiger partial charge in [-0.1, -0.05) is 15.9 Å². The van der Waals surface area contributed by atoms with Crippen LogP contribution in [0.3, 0.4) is 0 Å². The smallest absolute Gasteiger partial charge is 0.126 e. The monoisotopic (exact) mass is 322 g/mol. The van der Waals surface area contributed by atoms with Gasteiger partial charge in [-0.05, 0) is 48.9 Å². The third-order valence-electron chi connectivity index (χ3n) is 2.40. The average molecular weight is 323 g/mol. The van der Waals surface area contributed by atoms with E-state index in [0.717, 1.165) is 22.6 Å². The largest absolute Gasteiger partial charge is 0.370 e. The molecule has 2 rings (SSSR count). The first-order chi connectivity index (χ1) is 8.78. The lowest BCUT2D eigenvalue weighted by molar-refractivity contribution is 1.15. The van der Waals surface area contributed by atoms with Gasteiger partial charge in [0.25, 0.3) is 0 Å². The van der Waals surface area contributed by atoms with Crippen LogP contribution in [-0.4, -0.2) is 11.5 Å². The highest BCUT2D eigenvalue weighted by molar-refractivity contribution is 9.10. The van der Waals surface area contributed by atoms with Gasteiger partial charge in [-0.3, -0.25) is 0 Å². The lowest BCUT2D eigenvalue weighted by Gasteiger charge is -2.05. The summed E-state index contributed by atoms with van der Waals surface area (Å²) in [7, 11) is 0. The molecule has 0 fully saturated rings. The molecule has 0 radical (unpaired) electrons. The molecule has 2 nitrogen and oxygen atoms in total. The zero-order chi connectivity index (χ0) is 12.8. The second-order valence-corrected chi connectivity index (χ2v) is 5.79. The standard InChI is InChI=1S/C14H15BrN2S/c1-2-16-14-9-11(7-8-17-14)10-18-13-5-3-12(15)4-6-13/h3-9H,2,10H2,1H3,(H,16,17). The molecular weight excluding hydrogens is 308 g/mol. The minimum absolute atomic E-state index is 0.899. The van der Waals surface area contributed by atoms with Crippen LogP contribution in [0.1, 0.15) is 12.5 Å². The Hall–Kier alpha value is -1.00. The van der Waals surface area contributed by atoms with Gasteiger partial charge in [0.2, 0.25) is 0 Å². The Bertz CT molecular complexity index is 499. The highest BCUT2D eigenvalue weighted by atomic mass is 79.9. The number of rotatable bonds is 5. The molecule has 94 valence electrons. The summed E-state index contributed by atoms with van der Waals surface area (Å²) < 4.78 is 1.12. The number of nitrogens with zero attached hydrogens (tertiary/aromatic N) is 1. The van der Waals surface area contributed by atoms with Crippen LogP contribution in [0, 0.1) is 0 Å². The molecule has 0 atom stereocenters. The molecule has 0 aliphatic heterocycles. The van der Waals surface area contributed by atoms with Crippen LogP contribution in [0.25, 0.3) is 0 Å². The van der Waals surface area contributed by atoms with Crippen molar-refractivity contribution in [1.29, 1.82) is 0 Å². The van der Waals surface area contributed by atoms with Gasteiger partial charge >= 0.3 is 0 Å². The van der Waals surface area contributed by atoms with Gasteiger partial charge in [-0.25, -0.2) is 4.98 Å².